The first-order chi connectivity index (χ1) is 13.7. The first kappa shape index (κ1) is 21.4. The van der Waals surface area contributed by atoms with Crippen LogP contribution >= 0.6 is 0 Å². The summed E-state index contributed by atoms with van der Waals surface area (Å²) in [7, 11) is 0. The number of epoxide rings is 1. The summed E-state index contributed by atoms with van der Waals surface area (Å²) in [4.78, 5) is 27.9. The molecular weight excluding hydrogens is 356 g/mol. The summed E-state index contributed by atoms with van der Waals surface area (Å²) in [5, 5.41) is 0. The summed E-state index contributed by atoms with van der Waals surface area (Å²) in [5.41, 5.74) is 5.05. The number of aryl methyl sites for hydroxylation is 2. The minimum absolute atomic E-state index is 0.614. The van der Waals surface area contributed by atoms with Crippen molar-refractivity contribution in [2.45, 2.75) is 26.7 Å². The predicted octanol–water partition coefficient (Wildman–Crippen LogP) is 4.72. The molecule has 0 N–H and O–H groups in total. The number of isocyanates is 2. The molecule has 2 heterocycles. The molecule has 0 bridgehead atoms. The van der Waals surface area contributed by atoms with Gasteiger partial charge >= 0.3 is 0 Å². The summed E-state index contributed by atoms with van der Waals surface area (Å²) < 4.78 is 9.44. The SMILES string of the molecule is C1CCOC1.C1CO1.Cc1cc(-c2ccc(N=C=O)c(C)c2)ccc1N=C=O. The zero-order chi connectivity index (χ0) is 20.2. The van der Waals surface area contributed by atoms with Gasteiger partial charge < -0.3 is 9.47 Å². The lowest BCUT2D eigenvalue weighted by molar-refractivity contribution is 0.198. The van der Waals surface area contributed by atoms with E-state index in [9.17, 15) is 9.59 Å². The fourth-order valence-electron chi connectivity index (χ4n) is 2.53. The zero-order valence-corrected chi connectivity index (χ0v) is 16.2. The molecule has 2 aromatic rings. The van der Waals surface area contributed by atoms with Crippen LogP contribution < -0.4 is 0 Å². The van der Waals surface area contributed by atoms with Crippen molar-refractivity contribution in [3.63, 3.8) is 0 Å². The number of benzene rings is 2. The summed E-state index contributed by atoms with van der Waals surface area (Å²) in [6, 6.07) is 11.2. The van der Waals surface area contributed by atoms with Crippen LogP contribution in [0.15, 0.2) is 46.4 Å². The molecule has 0 aromatic heterocycles. The summed E-state index contributed by atoms with van der Waals surface area (Å²) in [6.45, 7) is 7.77. The maximum atomic E-state index is 10.3. The Balaban J connectivity index is 0.000000286. The van der Waals surface area contributed by atoms with E-state index in [0.29, 0.717) is 11.4 Å². The summed E-state index contributed by atoms with van der Waals surface area (Å²) in [6.07, 6.45) is 5.64. The fraction of sp³-hybridized carbons (Fsp3) is 0.364. The van der Waals surface area contributed by atoms with E-state index in [1.54, 1.807) is 24.3 Å². The number of ether oxygens (including phenoxy) is 2. The highest BCUT2D eigenvalue weighted by molar-refractivity contribution is 5.71. The predicted molar refractivity (Wildman–Crippen MR) is 108 cm³/mol. The quantitative estimate of drug-likeness (QED) is 0.438. The zero-order valence-electron chi connectivity index (χ0n) is 16.2. The smallest absolute Gasteiger partial charge is 0.240 e. The van der Waals surface area contributed by atoms with Gasteiger partial charge in [-0.1, -0.05) is 12.1 Å². The van der Waals surface area contributed by atoms with Gasteiger partial charge in [-0.15, -0.1) is 0 Å². The third-order valence-electron chi connectivity index (χ3n) is 4.09. The molecule has 2 fully saturated rings. The standard InChI is InChI=1S/C16H12N2O2.C4H8O.C2H4O/c1-11-7-13(3-5-15(11)17-9-19)14-4-6-16(18-10-20)12(2)8-14;1-2-4-5-3-1;1-2-3-1/h3-8H,1-2H3;1-4H2;1-2H2. The van der Waals surface area contributed by atoms with Crippen LogP contribution in [0.4, 0.5) is 11.4 Å². The largest absolute Gasteiger partial charge is 0.381 e. The second-order valence-electron chi connectivity index (χ2n) is 6.34. The van der Waals surface area contributed by atoms with E-state index in [0.717, 1.165) is 48.7 Å². The van der Waals surface area contributed by atoms with Crippen LogP contribution in [0, 0.1) is 13.8 Å². The first-order valence-electron chi connectivity index (χ1n) is 9.18. The minimum Gasteiger partial charge on any atom is -0.381 e. The number of hydrogen-bond acceptors (Lipinski definition) is 6. The highest BCUT2D eigenvalue weighted by Crippen LogP contribution is 2.29. The van der Waals surface area contributed by atoms with Crippen molar-refractivity contribution < 1.29 is 19.1 Å². The summed E-state index contributed by atoms with van der Waals surface area (Å²) in [5.74, 6) is 0. The van der Waals surface area contributed by atoms with Crippen molar-refractivity contribution in [1.29, 1.82) is 0 Å². The Bertz CT molecular complexity index is 800. The van der Waals surface area contributed by atoms with Crippen LogP contribution in [-0.4, -0.2) is 38.6 Å². The van der Waals surface area contributed by atoms with Crippen molar-refractivity contribution in [2.24, 2.45) is 9.98 Å². The number of aliphatic imine (C=N–C) groups is 2. The lowest BCUT2D eigenvalue weighted by atomic mass is 10.00. The Kier molecular flexibility index (Phi) is 8.99. The van der Waals surface area contributed by atoms with Crippen molar-refractivity contribution in [3.05, 3.63) is 47.5 Å². The molecule has 146 valence electrons. The van der Waals surface area contributed by atoms with Gasteiger partial charge in [0.05, 0.1) is 24.6 Å². The molecule has 2 aliphatic heterocycles. The van der Waals surface area contributed by atoms with Gasteiger partial charge in [0, 0.05) is 13.2 Å². The number of carbonyl (C=O) groups excluding carboxylic acids is 2. The third kappa shape index (κ3) is 7.39. The van der Waals surface area contributed by atoms with Crippen LogP contribution in [0.3, 0.4) is 0 Å². The van der Waals surface area contributed by atoms with Gasteiger partial charge in [0.1, 0.15) is 0 Å². The molecule has 6 heteroatoms. The Morgan fingerprint density at radius 3 is 1.39 bits per heavy atom. The Hall–Kier alpha value is -2.88. The Labute approximate surface area is 164 Å². The van der Waals surface area contributed by atoms with Gasteiger partial charge in [-0.05, 0) is 73.2 Å². The van der Waals surface area contributed by atoms with E-state index in [4.69, 9.17) is 4.74 Å². The van der Waals surface area contributed by atoms with E-state index >= 15 is 0 Å². The van der Waals surface area contributed by atoms with Gasteiger partial charge in [-0.2, -0.15) is 9.98 Å². The minimum atomic E-state index is 0.614. The number of rotatable bonds is 3. The van der Waals surface area contributed by atoms with Crippen LogP contribution in [0.5, 0.6) is 0 Å². The normalized spacial score (nSPS) is 13.6. The molecule has 0 spiro atoms. The van der Waals surface area contributed by atoms with Crippen molar-refractivity contribution >= 4 is 23.5 Å². The molecule has 0 saturated carbocycles. The van der Waals surface area contributed by atoms with Crippen LogP contribution in [0.25, 0.3) is 11.1 Å². The van der Waals surface area contributed by atoms with Gasteiger partial charge in [-0.25, -0.2) is 9.59 Å². The fourth-order valence-corrected chi connectivity index (χ4v) is 2.53. The molecule has 0 amide bonds. The van der Waals surface area contributed by atoms with E-state index < -0.39 is 0 Å². The van der Waals surface area contributed by atoms with Crippen LogP contribution in [0.2, 0.25) is 0 Å². The van der Waals surface area contributed by atoms with Gasteiger partial charge in [-0.3, -0.25) is 0 Å². The van der Waals surface area contributed by atoms with Crippen molar-refractivity contribution in [3.8, 4) is 11.1 Å². The average molecular weight is 380 g/mol. The molecule has 2 saturated heterocycles. The van der Waals surface area contributed by atoms with Gasteiger partial charge in [0.2, 0.25) is 12.2 Å². The molecular formula is C22H24N2O4. The maximum absolute atomic E-state index is 10.3. The van der Waals surface area contributed by atoms with E-state index in [1.807, 2.05) is 38.1 Å². The molecule has 28 heavy (non-hydrogen) atoms. The average Bonchev–Trinajstić information content (AvgIpc) is 3.46. The Morgan fingerprint density at radius 2 is 1.14 bits per heavy atom. The highest BCUT2D eigenvalue weighted by atomic mass is 16.6. The molecule has 4 rings (SSSR count). The molecule has 0 atom stereocenters. The lowest BCUT2D eigenvalue weighted by Gasteiger charge is -2.07. The number of nitrogens with zero attached hydrogens (tertiary/aromatic N) is 2. The van der Waals surface area contributed by atoms with E-state index in [1.165, 1.54) is 12.8 Å². The molecule has 0 aliphatic carbocycles. The molecule has 2 aromatic carbocycles. The van der Waals surface area contributed by atoms with Crippen LogP contribution in [0.1, 0.15) is 24.0 Å². The van der Waals surface area contributed by atoms with Gasteiger partial charge in [0.15, 0.2) is 0 Å². The van der Waals surface area contributed by atoms with Crippen LogP contribution in [-0.2, 0) is 19.1 Å². The highest BCUT2D eigenvalue weighted by Gasteiger charge is 2.04. The Morgan fingerprint density at radius 1 is 0.714 bits per heavy atom. The second-order valence-corrected chi connectivity index (χ2v) is 6.34. The van der Waals surface area contributed by atoms with E-state index in [2.05, 4.69) is 14.7 Å². The van der Waals surface area contributed by atoms with Crippen molar-refractivity contribution in [2.75, 3.05) is 26.4 Å². The summed E-state index contributed by atoms with van der Waals surface area (Å²) >= 11 is 0. The molecule has 0 radical (unpaired) electrons. The third-order valence-corrected chi connectivity index (χ3v) is 4.09. The first-order valence-corrected chi connectivity index (χ1v) is 9.18. The number of hydrogen-bond donors (Lipinski definition) is 0. The topological polar surface area (TPSA) is 80.6 Å². The van der Waals surface area contributed by atoms with Gasteiger partial charge in [0.25, 0.3) is 0 Å². The van der Waals surface area contributed by atoms with E-state index in [-0.39, 0.29) is 0 Å². The van der Waals surface area contributed by atoms with Crippen molar-refractivity contribution in [1.82, 2.24) is 0 Å². The molecule has 0 unspecified atom stereocenters. The molecule has 6 nitrogen and oxygen atoms in total. The molecule has 2 aliphatic rings. The lowest BCUT2D eigenvalue weighted by Crippen LogP contribution is -1.83. The second kappa shape index (κ2) is 11.8. The maximum Gasteiger partial charge on any atom is 0.240 e. The monoisotopic (exact) mass is 380 g/mol.